The molecule has 1 aromatic heterocycles. The van der Waals surface area contributed by atoms with Crippen LogP contribution >= 0.6 is 0 Å². The maximum absolute atomic E-state index is 6.35. The Morgan fingerprint density at radius 1 is 1.25 bits per heavy atom. The first-order chi connectivity index (χ1) is 9.65. The summed E-state index contributed by atoms with van der Waals surface area (Å²) in [6, 6.07) is 9.90. The Morgan fingerprint density at radius 2 is 1.95 bits per heavy atom. The molecule has 0 aliphatic heterocycles. The molecule has 0 aliphatic rings. The molecule has 2 rings (SSSR count). The molecule has 0 saturated heterocycles. The molecule has 1 aromatic carbocycles. The lowest BCUT2D eigenvalue weighted by Gasteiger charge is -2.14. The zero-order valence-electron chi connectivity index (χ0n) is 12.5. The normalized spacial score (nSPS) is 12.4. The Bertz CT molecular complexity index is 545. The topological polar surface area (TPSA) is 53.1 Å². The highest BCUT2D eigenvalue weighted by molar-refractivity contribution is 5.33. The first kappa shape index (κ1) is 14.6. The molecule has 1 atom stereocenters. The molecule has 108 valence electrons. The molecule has 4 nitrogen and oxygen atoms in total. The van der Waals surface area contributed by atoms with Crippen LogP contribution in [0.1, 0.15) is 43.3 Å². The molecule has 0 spiro atoms. The lowest BCUT2D eigenvalue weighted by molar-refractivity contribution is 0.317. The molecular formula is C16H23N3O. The van der Waals surface area contributed by atoms with E-state index in [1.54, 1.807) is 0 Å². The lowest BCUT2D eigenvalue weighted by atomic mass is 10.0. The van der Waals surface area contributed by atoms with Gasteiger partial charge in [-0.1, -0.05) is 19.1 Å². The summed E-state index contributed by atoms with van der Waals surface area (Å²) in [6.45, 7) is 7.73. The van der Waals surface area contributed by atoms with Gasteiger partial charge in [-0.25, -0.2) is 0 Å². The summed E-state index contributed by atoms with van der Waals surface area (Å²) in [4.78, 5) is 0. The molecule has 2 aromatic rings. The summed E-state index contributed by atoms with van der Waals surface area (Å²) in [5.41, 5.74) is 9.48. The number of nitrogens with zero attached hydrogens (tertiary/aromatic N) is 2. The van der Waals surface area contributed by atoms with Gasteiger partial charge in [0, 0.05) is 6.54 Å². The molecule has 20 heavy (non-hydrogen) atoms. The Morgan fingerprint density at radius 3 is 2.55 bits per heavy atom. The van der Waals surface area contributed by atoms with Crippen molar-refractivity contribution in [2.24, 2.45) is 5.73 Å². The number of benzene rings is 1. The highest BCUT2D eigenvalue weighted by Gasteiger charge is 2.14. The average Bonchev–Trinajstić information content (AvgIpc) is 2.86. The molecule has 0 fully saturated rings. The molecule has 0 saturated carbocycles. The second-order valence-corrected chi connectivity index (χ2v) is 4.92. The van der Waals surface area contributed by atoms with Crippen molar-refractivity contribution in [1.29, 1.82) is 0 Å². The Hall–Kier alpha value is -1.81. The van der Waals surface area contributed by atoms with Gasteiger partial charge in [-0.3, -0.25) is 4.68 Å². The third-order valence-corrected chi connectivity index (χ3v) is 3.26. The van der Waals surface area contributed by atoms with Gasteiger partial charge in [-0.15, -0.1) is 0 Å². The maximum Gasteiger partial charge on any atom is 0.119 e. The number of nitrogens with two attached hydrogens (primary N) is 1. The number of hydrogen-bond donors (Lipinski definition) is 1. The van der Waals surface area contributed by atoms with Crippen LogP contribution < -0.4 is 10.5 Å². The van der Waals surface area contributed by atoms with Crippen LogP contribution in [-0.4, -0.2) is 16.4 Å². The van der Waals surface area contributed by atoms with Crippen LogP contribution in [0.3, 0.4) is 0 Å². The molecule has 4 heteroatoms. The van der Waals surface area contributed by atoms with Crippen LogP contribution in [0.4, 0.5) is 0 Å². The summed E-state index contributed by atoms with van der Waals surface area (Å²) in [5, 5.41) is 4.45. The SMILES string of the molecule is CCCOc1ccc(C(N)c2cc(C)nn2CC)cc1. The minimum absolute atomic E-state index is 0.156. The average molecular weight is 273 g/mol. The Labute approximate surface area is 120 Å². The molecular weight excluding hydrogens is 250 g/mol. The second kappa shape index (κ2) is 6.57. The summed E-state index contributed by atoms with van der Waals surface area (Å²) in [7, 11) is 0. The zero-order chi connectivity index (χ0) is 14.5. The number of hydrogen-bond acceptors (Lipinski definition) is 3. The maximum atomic E-state index is 6.35. The van der Waals surface area contributed by atoms with Crippen LogP contribution in [0.5, 0.6) is 5.75 Å². The first-order valence-corrected chi connectivity index (χ1v) is 7.18. The molecule has 0 aliphatic carbocycles. The predicted molar refractivity (Wildman–Crippen MR) is 80.9 cm³/mol. The summed E-state index contributed by atoms with van der Waals surface area (Å²) in [5.74, 6) is 0.892. The van der Waals surface area contributed by atoms with Gasteiger partial charge in [0.15, 0.2) is 0 Å². The molecule has 1 unspecified atom stereocenters. The van der Waals surface area contributed by atoms with Gasteiger partial charge in [-0.05, 0) is 44.0 Å². The minimum Gasteiger partial charge on any atom is -0.494 e. The van der Waals surface area contributed by atoms with Crippen molar-refractivity contribution in [2.75, 3.05) is 6.61 Å². The number of aromatic nitrogens is 2. The largest absolute Gasteiger partial charge is 0.494 e. The van der Waals surface area contributed by atoms with Crippen LogP contribution in [0.25, 0.3) is 0 Å². The monoisotopic (exact) mass is 273 g/mol. The minimum atomic E-state index is -0.156. The quantitative estimate of drug-likeness (QED) is 0.880. The molecule has 0 radical (unpaired) electrons. The van der Waals surface area contributed by atoms with Crippen molar-refractivity contribution in [3.63, 3.8) is 0 Å². The fraction of sp³-hybridized carbons (Fsp3) is 0.438. The van der Waals surface area contributed by atoms with E-state index in [4.69, 9.17) is 10.5 Å². The van der Waals surface area contributed by atoms with Crippen molar-refractivity contribution in [3.05, 3.63) is 47.3 Å². The number of ether oxygens (including phenoxy) is 1. The fourth-order valence-electron chi connectivity index (χ4n) is 2.23. The van der Waals surface area contributed by atoms with E-state index in [1.165, 1.54) is 0 Å². The van der Waals surface area contributed by atoms with E-state index >= 15 is 0 Å². The third kappa shape index (κ3) is 3.20. The molecule has 1 heterocycles. The lowest BCUT2D eigenvalue weighted by Crippen LogP contribution is -2.17. The van der Waals surface area contributed by atoms with Gasteiger partial charge in [0.25, 0.3) is 0 Å². The van der Waals surface area contributed by atoms with Crippen molar-refractivity contribution < 1.29 is 4.74 Å². The number of rotatable bonds is 6. The van der Waals surface area contributed by atoms with Gasteiger partial charge in [-0.2, -0.15) is 5.10 Å². The van der Waals surface area contributed by atoms with E-state index in [1.807, 2.05) is 35.9 Å². The molecule has 2 N–H and O–H groups in total. The first-order valence-electron chi connectivity index (χ1n) is 7.18. The van der Waals surface area contributed by atoms with E-state index in [0.29, 0.717) is 0 Å². The van der Waals surface area contributed by atoms with Crippen LogP contribution in [0.2, 0.25) is 0 Å². The zero-order valence-corrected chi connectivity index (χ0v) is 12.5. The fourth-order valence-corrected chi connectivity index (χ4v) is 2.23. The van der Waals surface area contributed by atoms with Crippen LogP contribution in [0.15, 0.2) is 30.3 Å². The Balaban J connectivity index is 2.17. The standard InChI is InChI=1S/C16H23N3O/c1-4-10-20-14-8-6-13(7-9-14)16(17)15-11-12(3)18-19(15)5-2/h6-9,11,16H,4-5,10,17H2,1-3H3. The van der Waals surface area contributed by atoms with Crippen LogP contribution in [-0.2, 0) is 6.54 Å². The third-order valence-electron chi connectivity index (χ3n) is 3.26. The van der Waals surface area contributed by atoms with Crippen LogP contribution in [0, 0.1) is 6.92 Å². The van der Waals surface area contributed by atoms with Gasteiger partial charge in [0.2, 0.25) is 0 Å². The van der Waals surface area contributed by atoms with Gasteiger partial charge in [0.1, 0.15) is 5.75 Å². The van der Waals surface area contributed by atoms with Gasteiger partial charge in [0.05, 0.1) is 24.0 Å². The molecule has 0 amide bonds. The summed E-state index contributed by atoms with van der Waals surface area (Å²) >= 11 is 0. The van der Waals surface area contributed by atoms with E-state index < -0.39 is 0 Å². The summed E-state index contributed by atoms with van der Waals surface area (Å²) in [6.07, 6.45) is 1.01. The van der Waals surface area contributed by atoms with E-state index in [2.05, 4.69) is 25.0 Å². The van der Waals surface area contributed by atoms with E-state index in [-0.39, 0.29) is 6.04 Å². The van der Waals surface area contributed by atoms with E-state index in [0.717, 1.165) is 42.3 Å². The van der Waals surface area contributed by atoms with Crippen molar-refractivity contribution in [2.45, 2.75) is 39.8 Å². The van der Waals surface area contributed by atoms with E-state index in [9.17, 15) is 0 Å². The summed E-state index contributed by atoms with van der Waals surface area (Å²) < 4.78 is 7.55. The van der Waals surface area contributed by atoms with Gasteiger partial charge < -0.3 is 10.5 Å². The number of aryl methyl sites for hydroxylation is 2. The Kier molecular flexibility index (Phi) is 4.79. The smallest absolute Gasteiger partial charge is 0.119 e. The van der Waals surface area contributed by atoms with Gasteiger partial charge >= 0.3 is 0 Å². The predicted octanol–water partition coefficient (Wildman–Crippen LogP) is 3.05. The highest BCUT2D eigenvalue weighted by Crippen LogP contribution is 2.23. The second-order valence-electron chi connectivity index (χ2n) is 4.92. The molecule has 0 bridgehead atoms. The van der Waals surface area contributed by atoms with Crippen molar-refractivity contribution in [3.8, 4) is 5.75 Å². The van der Waals surface area contributed by atoms with Crippen molar-refractivity contribution in [1.82, 2.24) is 9.78 Å². The van der Waals surface area contributed by atoms with Crippen molar-refractivity contribution >= 4 is 0 Å². The highest BCUT2D eigenvalue weighted by atomic mass is 16.5.